The number of rotatable bonds is 3. The van der Waals surface area contributed by atoms with Gasteiger partial charge in [0.25, 0.3) is 0 Å². The van der Waals surface area contributed by atoms with Gasteiger partial charge < -0.3 is 5.11 Å². The first-order valence-electron chi connectivity index (χ1n) is 7.27. The number of pyridine rings is 1. The Morgan fingerprint density at radius 1 is 1.09 bits per heavy atom. The summed E-state index contributed by atoms with van der Waals surface area (Å²) in [6.45, 7) is 6.13. The Bertz CT molecular complexity index is 771. The summed E-state index contributed by atoms with van der Waals surface area (Å²) in [6, 6.07) is 7.95. The average molecular weight is 293 g/mol. The molecule has 0 saturated heterocycles. The lowest BCUT2D eigenvalue weighted by Crippen LogP contribution is -2.10. The van der Waals surface area contributed by atoms with Crippen molar-refractivity contribution >= 4 is 0 Å². The lowest BCUT2D eigenvalue weighted by molar-refractivity contribution is 0.218. The molecule has 2 heterocycles. The molecule has 1 unspecified atom stereocenters. The number of benzene rings is 1. The zero-order chi connectivity index (χ0) is 15.7. The SMILES string of the molecule is Cc1cc(C)c(C(O)c2cccnc2-n2ccnc2)c(C)c1. The summed E-state index contributed by atoms with van der Waals surface area (Å²) in [5.41, 5.74) is 5.10. The van der Waals surface area contributed by atoms with E-state index in [1.165, 1.54) is 5.56 Å². The molecule has 2 aromatic heterocycles. The highest BCUT2D eigenvalue weighted by molar-refractivity contribution is 5.47. The largest absolute Gasteiger partial charge is 0.383 e. The van der Waals surface area contributed by atoms with Gasteiger partial charge in [0.1, 0.15) is 18.2 Å². The standard InChI is InChI=1S/C18H19N3O/c1-12-9-13(2)16(14(3)10-12)17(22)15-5-4-6-20-18(15)21-8-7-19-11-21/h4-11,17,22H,1-3H3. The van der Waals surface area contributed by atoms with Gasteiger partial charge in [-0.25, -0.2) is 9.97 Å². The Kier molecular flexibility index (Phi) is 3.77. The van der Waals surface area contributed by atoms with Crippen molar-refractivity contribution in [1.29, 1.82) is 0 Å². The van der Waals surface area contributed by atoms with Gasteiger partial charge in [0.15, 0.2) is 0 Å². The third kappa shape index (κ3) is 2.53. The highest BCUT2D eigenvalue weighted by Crippen LogP contribution is 2.31. The summed E-state index contributed by atoms with van der Waals surface area (Å²) < 4.78 is 1.82. The van der Waals surface area contributed by atoms with E-state index in [0.717, 1.165) is 22.3 Å². The van der Waals surface area contributed by atoms with Gasteiger partial charge >= 0.3 is 0 Å². The number of aliphatic hydroxyl groups is 1. The normalized spacial score (nSPS) is 12.4. The van der Waals surface area contributed by atoms with Crippen LogP contribution in [0.25, 0.3) is 5.82 Å². The second kappa shape index (κ2) is 5.73. The van der Waals surface area contributed by atoms with Gasteiger partial charge in [-0.2, -0.15) is 0 Å². The molecule has 0 spiro atoms. The number of nitrogens with zero attached hydrogens (tertiary/aromatic N) is 3. The number of aliphatic hydroxyl groups excluding tert-OH is 1. The maximum absolute atomic E-state index is 11.0. The molecule has 4 heteroatoms. The third-order valence-electron chi connectivity index (χ3n) is 3.87. The smallest absolute Gasteiger partial charge is 0.143 e. The van der Waals surface area contributed by atoms with Crippen molar-refractivity contribution in [1.82, 2.24) is 14.5 Å². The van der Waals surface area contributed by atoms with E-state index in [2.05, 4.69) is 29.0 Å². The van der Waals surface area contributed by atoms with Crippen molar-refractivity contribution in [3.63, 3.8) is 0 Å². The summed E-state index contributed by atoms with van der Waals surface area (Å²) in [6.07, 6.45) is 6.22. The fourth-order valence-corrected chi connectivity index (χ4v) is 3.00. The molecule has 0 radical (unpaired) electrons. The second-order valence-corrected chi connectivity index (χ2v) is 5.60. The molecule has 1 N–H and O–H groups in total. The molecular formula is C18H19N3O. The second-order valence-electron chi connectivity index (χ2n) is 5.60. The van der Waals surface area contributed by atoms with Crippen LogP contribution in [-0.4, -0.2) is 19.6 Å². The van der Waals surface area contributed by atoms with Crippen LogP contribution in [0.1, 0.15) is 33.9 Å². The zero-order valence-electron chi connectivity index (χ0n) is 13.0. The fraction of sp³-hybridized carbons (Fsp3) is 0.222. The van der Waals surface area contributed by atoms with Gasteiger partial charge in [0.05, 0.1) is 0 Å². The predicted molar refractivity (Wildman–Crippen MR) is 86.1 cm³/mol. The molecule has 4 nitrogen and oxygen atoms in total. The van der Waals surface area contributed by atoms with E-state index < -0.39 is 6.10 Å². The monoisotopic (exact) mass is 293 g/mol. The molecule has 22 heavy (non-hydrogen) atoms. The molecule has 0 aliphatic carbocycles. The van der Waals surface area contributed by atoms with Crippen molar-refractivity contribution in [2.24, 2.45) is 0 Å². The number of imidazole rings is 1. The van der Waals surface area contributed by atoms with E-state index in [1.807, 2.05) is 36.7 Å². The van der Waals surface area contributed by atoms with Crippen LogP contribution in [0.3, 0.4) is 0 Å². The van der Waals surface area contributed by atoms with Crippen molar-refractivity contribution in [3.05, 3.63) is 77.0 Å². The van der Waals surface area contributed by atoms with Crippen LogP contribution in [-0.2, 0) is 0 Å². The summed E-state index contributed by atoms with van der Waals surface area (Å²) in [7, 11) is 0. The van der Waals surface area contributed by atoms with Gasteiger partial charge in [0.2, 0.25) is 0 Å². The van der Waals surface area contributed by atoms with Crippen LogP contribution in [0.4, 0.5) is 0 Å². The van der Waals surface area contributed by atoms with Crippen LogP contribution in [0.5, 0.6) is 0 Å². The first-order valence-corrected chi connectivity index (χ1v) is 7.27. The lowest BCUT2D eigenvalue weighted by atomic mass is 9.92. The highest BCUT2D eigenvalue weighted by atomic mass is 16.3. The van der Waals surface area contributed by atoms with Crippen LogP contribution in [0, 0.1) is 20.8 Å². The summed E-state index contributed by atoms with van der Waals surface area (Å²) in [5.74, 6) is 0.701. The molecule has 0 fully saturated rings. The minimum Gasteiger partial charge on any atom is -0.383 e. The molecule has 0 amide bonds. The summed E-state index contributed by atoms with van der Waals surface area (Å²) in [5, 5.41) is 11.0. The molecule has 112 valence electrons. The third-order valence-corrected chi connectivity index (χ3v) is 3.87. The van der Waals surface area contributed by atoms with Gasteiger partial charge in [0, 0.05) is 24.2 Å². The molecule has 3 aromatic rings. The number of hydrogen-bond acceptors (Lipinski definition) is 3. The van der Waals surface area contributed by atoms with Gasteiger partial charge in [-0.05, 0) is 43.5 Å². The van der Waals surface area contributed by atoms with Gasteiger partial charge in [-0.15, -0.1) is 0 Å². The van der Waals surface area contributed by atoms with Crippen LogP contribution in [0.15, 0.2) is 49.2 Å². The van der Waals surface area contributed by atoms with E-state index in [9.17, 15) is 5.11 Å². The number of hydrogen-bond donors (Lipinski definition) is 1. The lowest BCUT2D eigenvalue weighted by Gasteiger charge is -2.20. The van der Waals surface area contributed by atoms with E-state index in [4.69, 9.17) is 0 Å². The van der Waals surface area contributed by atoms with Gasteiger partial charge in [-0.3, -0.25) is 4.57 Å². The Morgan fingerprint density at radius 2 is 1.82 bits per heavy atom. The fourth-order valence-electron chi connectivity index (χ4n) is 3.00. The maximum Gasteiger partial charge on any atom is 0.143 e. The van der Waals surface area contributed by atoms with Crippen LogP contribution < -0.4 is 0 Å². The first-order chi connectivity index (χ1) is 10.6. The topological polar surface area (TPSA) is 50.9 Å². The van der Waals surface area contributed by atoms with Crippen LogP contribution >= 0.6 is 0 Å². The molecular weight excluding hydrogens is 274 g/mol. The Morgan fingerprint density at radius 3 is 2.45 bits per heavy atom. The maximum atomic E-state index is 11.0. The molecule has 0 aliphatic heterocycles. The number of aryl methyl sites for hydroxylation is 3. The van der Waals surface area contributed by atoms with E-state index >= 15 is 0 Å². The van der Waals surface area contributed by atoms with Crippen molar-refractivity contribution in [2.45, 2.75) is 26.9 Å². The summed E-state index contributed by atoms with van der Waals surface area (Å²) >= 11 is 0. The predicted octanol–water partition coefficient (Wildman–Crippen LogP) is 3.27. The molecule has 3 rings (SSSR count). The minimum atomic E-state index is -0.716. The Labute approximate surface area is 130 Å². The van der Waals surface area contributed by atoms with Crippen molar-refractivity contribution < 1.29 is 5.11 Å². The van der Waals surface area contributed by atoms with E-state index in [0.29, 0.717) is 5.82 Å². The first kappa shape index (κ1) is 14.5. The van der Waals surface area contributed by atoms with Crippen LogP contribution in [0.2, 0.25) is 0 Å². The quantitative estimate of drug-likeness (QED) is 0.806. The van der Waals surface area contributed by atoms with Gasteiger partial charge in [-0.1, -0.05) is 23.8 Å². The Balaban J connectivity index is 2.13. The van der Waals surface area contributed by atoms with E-state index in [-0.39, 0.29) is 0 Å². The Hall–Kier alpha value is -2.46. The zero-order valence-corrected chi connectivity index (χ0v) is 13.0. The average Bonchev–Trinajstić information content (AvgIpc) is 3.00. The number of aromatic nitrogens is 3. The summed E-state index contributed by atoms with van der Waals surface area (Å²) in [4.78, 5) is 8.47. The molecule has 0 aliphatic rings. The van der Waals surface area contributed by atoms with E-state index in [1.54, 1.807) is 18.7 Å². The molecule has 0 bridgehead atoms. The molecule has 1 atom stereocenters. The van der Waals surface area contributed by atoms with Crippen molar-refractivity contribution in [3.8, 4) is 5.82 Å². The highest BCUT2D eigenvalue weighted by Gasteiger charge is 2.20. The molecule has 1 aromatic carbocycles. The minimum absolute atomic E-state index is 0.701. The van der Waals surface area contributed by atoms with Crippen molar-refractivity contribution in [2.75, 3.05) is 0 Å². The molecule has 0 saturated carbocycles.